The number of carboxylic acid groups (broad SMARTS) is 1. The highest BCUT2D eigenvalue weighted by Crippen LogP contribution is 2.10. The molecule has 0 aliphatic heterocycles. The number of rotatable bonds is 6. The average molecular weight is 343 g/mol. The van der Waals surface area contributed by atoms with Crippen LogP contribution in [0.3, 0.4) is 0 Å². The number of nitrogens with one attached hydrogen (secondary N) is 2. The fraction of sp³-hybridized carbons (Fsp3) is 0.429. The van der Waals surface area contributed by atoms with Gasteiger partial charge in [0.25, 0.3) is 0 Å². The van der Waals surface area contributed by atoms with Gasteiger partial charge in [-0.15, -0.1) is 0 Å². The Hall–Kier alpha value is -1.56. The van der Waals surface area contributed by atoms with Crippen molar-refractivity contribution in [3.63, 3.8) is 0 Å². The molecule has 1 aromatic carbocycles. The Kier molecular flexibility index (Phi) is 6.51. The number of aliphatic carboxylic acids is 1. The van der Waals surface area contributed by atoms with Crippen LogP contribution in [0.2, 0.25) is 0 Å². The minimum atomic E-state index is -1.02. The number of carbonyl (C=O) groups is 2. The van der Waals surface area contributed by atoms with Crippen molar-refractivity contribution >= 4 is 27.9 Å². The molecule has 0 spiro atoms. The third-order valence-corrected chi connectivity index (χ3v) is 3.66. The quantitative estimate of drug-likeness (QED) is 0.743. The Morgan fingerprint density at radius 2 is 1.90 bits per heavy atom. The molecule has 0 saturated heterocycles. The highest BCUT2D eigenvalue weighted by molar-refractivity contribution is 9.10. The van der Waals surface area contributed by atoms with Gasteiger partial charge in [-0.25, -0.2) is 9.59 Å². The Bertz CT molecular complexity index is 462. The molecule has 5 nitrogen and oxygen atoms in total. The van der Waals surface area contributed by atoms with Crippen LogP contribution in [0.4, 0.5) is 4.79 Å². The zero-order chi connectivity index (χ0) is 15.1. The smallest absolute Gasteiger partial charge is 0.326 e. The van der Waals surface area contributed by atoms with Crippen LogP contribution in [0.25, 0.3) is 0 Å². The maximum Gasteiger partial charge on any atom is 0.326 e. The molecular formula is C14H19BrN2O3. The van der Waals surface area contributed by atoms with E-state index in [1.54, 1.807) is 6.92 Å². The number of halogens is 1. The number of hydrogen-bond donors (Lipinski definition) is 3. The van der Waals surface area contributed by atoms with E-state index in [1.807, 2.05) is 31.2 Å². The first-order valence-electron chi connectivity index (χ1n) is 6.45. The van der Waals surface area contributed by atoms with Crippen molar-refractivity contribution in [1.82, 2.24) is 10.6 Å². The third-order valence-electron chi connectivity index (χ3n) is 3.13. The molecule has 0 fully saturated rings. The lowest BCUT2D eigenvalue weighted by atomic mass is 9.99. The van der Waals surface area contributed by atoms with E-state index < -0.39 is 18.0 Å². The van der Waals surface area contributed by atoms with Crippen molar-refractivity contribution in [1.29, 1.82) is 0 Å². The monoisotopic (exact) mass is 342 g/mol. The van der Waals surface area contributed by atoms with Crippen molar-refractivity contribution in [2.45, 2.75) is 32.9 Å². The van der Waals surface area contributed by atoms with E-state index in [0.717, 1.165) is 10.0 Å². The van der Waals surface area contributed by atoms with Gasteiger partial charge in [-0.3, -0.25) is 0 Å². The molecule has 0 heterocycles. The van der Waals surface area contributed by atoms with Crippen LogP contribution in [0.5, 0.6) is 0 Å². The van der Waals surface area contributed by atoms with Crippen LogP contribution in [0, 0.1) is 5.92 Å². The number of urea groups is 1. The number of carbonyl (C=O) groups excluding carboxylic acids is 1. The van der Waals surface area contributed by atoms with Crippen LogP contribution in [-0.4, -0.2) is 23.1 Å². The molecule has 0 unspecified atom stereocenters. The summed E-state index contributed by atoms with van der Waals surface area (Å²) >= 11 is 3.33. The van der Waals surface area contributed by atoms with Crippen molar-refractivity contribution in [2.24, 2.45) is 5.92 Å². The summed E-state index contributed by atoms with van der Waals surface area (Å²) in [5.41, 5.74) is 0.943. The standard InChI is InChI=1S/C14H19BrN2O3/c1-3-9(2)12(13(18)19)17-14(20)16-8-10-4-6-11(15)7-5-10/h4-7,9,12H,3,8H2,1-2H3,(H,18,19)(H2,16,17,20)/t9-,12-/m0/s1. The molecule has 1 aromatic rings. The van der Waals surface area contributed by atoms with E-state index >= 15 is 0 Å². The maximum absolute atomic E-state index is 11.7. The highest BCUT2D eigenvalue weighted by Gasteiger charge is 2.24. The predicted octanol–water partition coefficient (Wildman–Crippen LogP) is 2.75. The molecule has 6 heteroatoms. The summed E-state index contributed by atoms with van der Waals surface area (Å²) in [6, 6.07) is 6.19. The first kappa shape index (κ1) is 16.5. The van der Waals surface area contributed by atoms with Gasteiger partial charge >= 0.3 is 12.0 Å². The Labute approximate surface area is 126 Å². The van der Waals surface area contributed by atoms with Crippen molar-refractivity contribution < 1.29 is 14.7 Å². The lowest BCUT2D eigenvalue weighted by Gasteiger charge is -2.20. The Morgan fingerprint density at radius 3 is 2.40 bits per heavy atom. The van der Waals surface area contributed by atoms with Gasteiger partial charge in [0.1, 0.15) is 6.04 Å². The first-order valence-corrected chi connectivity index (χ1v) is 7.25. The lowest BCUT2D eigenvalue weighted by Crippen LogP contribution is -2.48. The Morgan fingerprint density at radius 1 is 1.30 bits per heavy atom. The summed E-state index contributed by atoms with van der Waals surface area (Å²) in [5, 5.41) is 14.2. The fourth-order valence-corrected chi connectivity index (χ4v) is 1.92. The molecule has 1 rings (SSSR count). The molecule has 0 aliphatic rings. The van der Waals surface area contributed by atoms with Gasteiger partial charge in [-0.2, -0.15) is 0 Å². The maximum atomic E-state index is 11.7. The van der Waals surface area contributed by atoms with E-state index in [0.29, 0.717) is 13.0 Å². The molecular weight excluding hydrogens is 324 g/mol. The molecule has 2 atom stereocenters. The summed E-state index contributed by atoms with van der Waals surface area (Å²) < 4.78 is 0.966. The van der Waals surface area contributed by atoms with Crippen LogP contribution in [0.15, 0.2) is 28.7 Å². The summed E-state index contributed by atoms with van der Waals surface area (Å²) in [6.07, 6.45) is 0.684. The second-order valence-electron chi connectivity index (χ2n) is 4.65. The molecule has 20 heavy (non-hydrogen) atoms. The van der Waals surface area contributed by atoms with E-state index in [9.17, 15) is 9.59 Å². The first-order chi connectivity index (χ1) is 9.43. The molecule has 0 radical (unpaired) electrons. The second kappa shape index (κ2) is 7.89. The van der Waals surface area contributed by atoms with Gasteiger partial charge in [0.15, 0.2) is 0 Å². The van der Waals surface area contributed by atoms with Gasteiger partial charge in [0, 0.05) is 11.0 Å². The second-order valence-corrected chi connectivity index (χ2v) is 5.57. The van der Waals surface area contributed by atoms with E-state index in [-0.39, 0.29) is 5.92 Å². The molecule has 0 bridgehead atoms. The van der Waals surface area contributed by atoms with E-state index in [4.69, 9.17) is 5.11 Å². The zero-order valence-corrected chi connectivity index (χ0v) is 13.1. The lowest BCUT2D eigenvalue weighted by molar-refractivity contribution is -0.140. The minimum Gasteiger partial charge on any atom is -0.480 e. The largest absolute Gasteiger partial charge is 0.480 e. The van der Waals surface area contributed by atoms with Crippen molar-refractivity contribution in [2.75, 3.05) is 0 Å². The fourth-order valence-electron chi connectivity index (χ4n) is 1.66. The number of benzene rings is 1. The van der Waals surface area contributed by atoms with Crippen LogP contribution in [-0.2, 0) is 11.3 Å². The predicted molar refractivity (Wildman–Crippen MR) is 80.4 cm³/mol. The molecule has 2 amide bonds. The number of hydrogen-bond acceptors (Lipinski definition) is 2. The highest BCUT2D eigenvalue weighted by atomic mass is 79.9. The van der Waals surface area contributed by atoms with E-state index in [1.165, 1.54) is 0 Å². The van der Waals surface area contributed by atoms with Gasteiger partial charge in [-0.05, 0) is 23.6 Å². The van der Waals surface area contributed by atoms with Gasteiger partial charge < -0.3 is 15.7 Å². The van der Waals surface area contributed by atoms with Crippen LogP contribution in [0.1, 0.15) is 25.8 Å². The van der Waals surface area contributed by atoms with Crippen LogP contribution >= 0.6 is 15.9 Å². The van der Waals surface area contributed by atoms with E-state index in [2.05, 4.69) is 26.6 Å². The summed E-state index contributed by atoms with van der Waals surface area (Å²) in [4.78, 5) is 22.8. The number of amides is 2. The number of carboxylic acids is 1. The Balaban J connectivity index is 2.49. The van der Waals surface area contributed by atoms with Gasteiger partial charge in [0.05, 0.1) is 0 Å². The molecule has 3 N–H and O–H groups in total. The SMILES string of the molecule is CC[C@H](C)[C@H](NC(=O)NCc1ccc(Br)cc1)C(=O)O. The molecule has 0 aliphatic carbocycles. The summed E-state index contributed by atoms with van der Waals surface area (Å²) in [7, 11) is 0. The molecule has 0 saturated carbocycles. The summed E-state index contributed by atoms with van der Waals surface area (Å²) in [6.45, 7) is 4.04. The zero-order valence-electron chi connectivity index (χ0n) is 11.5. The average Bonchev–Trinajstić information content (AvgIpc) is 2.43. The van der Waals surface area contributed by atoms with Gasteiger partial charge in [0.2, 0.25) is 0 Å². The van der Waals surface area contributed by atoms with Crippen LogP contribution < -0.4 is 10.6 Å². The minimum absolute atomic E-state index is 0.120. The topological polar surface area (TPSA) is 78.4 Å². The van der Waals surface area contributed by atoms with Gasteiger partial charge in [-0.1, -0.05) is 48.3 Å². The third kappa shape index (κ3) is 5.21. The van der Waals surface area contributed by atoms with Crippen molar-refractivity contribution in [3.8, 4) is 0 Å². The molecule has 0 aromatic heterocycles. The normalized spacial score (nSPS) is 13.3. The summed E-state index contributed by atoms with van der Waals surface area (Å²) in [5.74, 6) is -1.14. The van der Waals surface area contributed by atoms with Crippen molar-refractivity contribution in [3.05, 3.63) is 34.3 Å². The molecule has 110 valence electrons.